The molecule has 0 saturated carbocycles. The Labute approximate surface area is 354 Å². The molecule has 10 N–H and O–H groups in total. The van der Waals surface area contributed by atoms with Gasteiger partial charge in [-0.15, -0.1) is 11.8 Å². The highest BCUT2D eigenvalue weighted by atomic mass is 32.2. The number of aromatic amines is 1. The van der Waals surface area contributed by atoms with Crippen molar-refractivity contribution < 1.29 is 48.5 Å². The number of nitroso groups, excluding NO2 is 1. The number of aromatic nitrogens is 1. The lowest BCUT2D eigenvalue weighted by Gasteiger charge is -2.28. The third-order valence-electron chi connectivity index (χ3n) is 10.5. The first-order valence-electron chi connectivity index (χ1n) is 19.8. The summed E-state index contributed by atoms with van der Waals surface area (Å²) in [5, 5.41) is 36.6. The van der Waals surface area contributed by atoms with Gasteiger partial charge in [-0.2, -0.15) is 4.91 Å². The number of fused-ring (bicyclic) bond motifs is 3. The number of carbonyl (C=O) groups excluding carboxylic acids is 6. The molecule has 61 heavy (non-hydrogen) atoms. The topological polar surface area (TPSA) is 304 Å². The summed E-state index contributed by atoms with van der Waals surface area (Å²) >= 11 is 1.08. The minimum atomic E-state index is -1.47. The van der Waals surface area contributed by atoms with E-state index in [0.717, 1.165) is 22.2 Å². The molecule has 6 amide bonds. The van der Waals surface area contributed by atoms with Crippen molar-refractivity contribution in [2.75, 3.05) is 31.9 Å². The Bertz CT molecular complexity index is 2100. The number of carboxylic acids is 1. The van der Waals surface area contributed by atoms with Crippen molar-refractivity contribution in [1.29, 1.82) is 0 Å². The fraction of sp³-hybridized carbons (Fsp3) is 0.475. The van der Waals surface area contributed by atoms with Crippen molar-refractivity contribution in [3.63, 3.8) is 0 Å². The maximum absolute atomic E-state index is 14.1. The molecule has 1 unspecified atom stereocenters. The predicted octanol–water partition coefficient (Wildman–Crippen LogP) is -0.342. The molecule has 20 nitrogen and oxygen atoms in total. The third-order valence-corrected chi connectivity index (χ3v) is 11.7. The van der Waals surface area contributed by atoms with Crippen molar-refractivity contribution in [2.45, 2.75) is 87.5 Å². The molecular weight excluding hydrogens is 815 g/mol. The molecule has 2 aromatic carbocycles. The van der Waals surface area contributed by atoms with Gasteiger partial charge in [0.05, 0.1) is 42.3 Å². The molecule has 0 radical (unpaired) electrons. The maximum Gasteiger partial charge on any atom is 0.326 e. The smallest absolute Gasteiger partial charge is 0.326 e. The van der Waals surface area contributed by atoms with Gasteiger partial charge in [0.1, 0.15) is 36.5 Å². The summed E-state index contributed by atoms with van der Waals surface area (Å²) in [5.74, 6) is -6.00. The average molecular weight is 866 g/mol. The van der Waals surface area contributed by atoms with E-state index < -0.39 is 97.4 Å². The number of ether oxygens (including phenoxy) is 1. The number of nitrogens with two attached hydrogens (primary N) is 1. The Morgan fingerprint density at radius 2 is 1.74 bits per heavy atom. The molecule has 3 heterocycles. The van der Waals surface area contributed by atoms with E-state index in [4.69, 9.17) is 10.5 Å². The first kappa shape index (κ1) is 46.0. The summed E-state index contributed by atoms with van der Waals surface area (Å²) < 4.78 is 6.03. The number of benzene rings is 2. The van der Waals surface area contributed by atoms with Crippen molar-refractivity contribution in [3.8, 4) is 5.75 Å². The van der Waals surface area contributed by atoms with Gasteiger partial charge in [-0.3, -0.25) is 28.8 Å². The maximum atomic E-state index is 14.1. The molecule has 0 spiro atoms. The Kier molecular flexibility index (Phi) is 16.2. The number of rotatable bonds is 12. The Morgan fingerprint density at radius 1 is 1.03 bits per heavy atom. The number of hydrogen-bond acceptors (Lipinski definition) is 13. The second kappa shape index (κ2) is 21.5. The Balaban J connectivity index is 1.48. The normalized spacial score (nSPS) is 22.9. The summed E-state index contributed by atoms with van der Waals surface area (Å²) in [7, 11) is 0. The summed E-state index contributed by atoms with van der Waals surface area (Å²) in [5.41, 5.74) is 8.53. The van der Waals surface area contributed by atoms with Gasteiger partial charge in [0.2, 0.25) is 35.4 Å². The summed E-state index contributed by atoms with van der Waals surface area (Å²) in [4.78, 5) is 108. The number of aliphatic hydroxyl groups excluding tert-OH is 1. The quantitative estimate of drug-likeness (QED) is 0.105. The van der Waals surface area contributed by atoms with E-state index in [2.05, 4.69) is 36.7 Å². The minimum absolute atomic E-state index is 0.0389. The van der Waals surface area contributed by atoms with Crippen LogP contribution in [0.5, 0.6) is 5.75 Å². The van der Waals surface area contributed by atoms with Gasteiger partial charge >= 0.3 is 5.97 Å². The van der Waals surface area contributed by atoms with Gasteiger partial charge in [0, 0.05) is 30.2 Å². The Hall–Kier alpha value is -6.06. The second-order valence-corrected chi connectivity index (χ2v) is 16.0. The number of thioether (sulfide) groups is 1. The van der Waals surface area contributed by atoms with Gasteiger partial charge in [0.15, 0.2) is 0 Å². The zero-order valence-electron chi connectivity index (χ0n) is 33.7. The Morgan fingerprint density at radius 3 is 2.43 bits per heavy atom. The van der Waals surface area contributed by atoms with Crippen molar-refractivity contribution in [3.05, 3.63) is 64.6 Å². The average Bonchev–Trinajstić information content (AvgIpc) is 3.81. The van der Waals surface area contributed by atoms with E-state index in [9.17, 15) is 48.7 Å². The van der Waals surface area contributed by atoms with Crippen molar-refractivity contribution in [2.24, 2.45) is 16.8 Å². The van der Waals surface area contributed by atoms with Crippen LogP contribution in [0.15, 0.2) is 58.7 Å². The number of likely N-dealkylation sites (tertiary alicyclic amines) is 1. The standard InChI is InChI=1S/C40H51N9O11S/c1-3-21(2)34-37(55)43-16-32(51)45-30(36(54)46-28(11-12-44-59)39(56)49-18-23(50)13-31(49)40(57)58)20-61-38-26(15-27(41)35(53)42-17-33(52)48-34)25-10-9-24(14-29(25)47-38)60-19-22-7-5-4-6-8-22/h4-10,14,21,23,27-28,30-31,34,47,50H,3,11-13,15-20,41H2,1-2H3,(H,42,53)(H,43,55)(H,45,51)(H,46,54)(H,48,52)(H,57,58)/t21-,23+,27-,28-,30-,31?,34-/m0/s1. The van der Waals surface area contributed by atoms with Gasteiger partial charge in [-0.1, -0.05) is 55.8 Å². The lowest BCUT2D eigenvalue weighted by atomic mass is 9.98. The molecule has 7 atom stereocenters. The van der Waals surface area contributed by atoms with Crippen LogP contribution in [-0.4, -0.2) is 130 Å². The lowest BCUT2D eigenvalue weighted by molar-refractivity contribution is -0.149. The number of nitrogens with zero attached hydrogens (tertiary/aromatic N) is 2. The van der Waals surface area contributed by atoms with E-state index in [1.807, 2.05) is 30.3 Å². The summed E-state index contributed by atoms with van der Waals surface area (Å²) in [6.07, 6.45) is -1.27. The number of hydrogen-bond donors (Lipinski definition) is 9. The van der Waals surface area contributed by atoms with E-state index in [-0.39, 0.29) is 44.1 Å². The molecule has 3 aromatic rings. The first-order valence-corrected chi connectivity index (χ1v) is 20.8. The molecule has 1 aromatic heterocycles. The molecule has 0 bridgehead atoms. The number of nitrogens with one attached hydrogen (secondary N) is 6. The molecule has 328 valence electrons. The minimum Gasteiger partial charge on any atom is -0.489 e. The molecular formula is C40H51N9O11S. The number of carbonyl (C=O) groups is 7. The van der Waals surface area contributed by atoms with Crippen LogP contribution in [0.2, 0.25) is 0 Å². The third kappa shape index (κ3) is 12.3. The summed E-state index contributed by atoms with van der Waals surface area (Å²) in [6.45, 7) is 1.97. The lowest BCUT2D eigenvalue weighted by Crippen LogP contribution is -2.58. The molecule has 2 aliphatic heterocycles. The van der Waals surface area contributed by atoms with Crippen LogP contribution < -0.4 is 37.1 Å². The van der Waals surface area contributed by atoms with Crippen LogP contribution in [-0.2, 0) is 46.6 Å². The zero-order valence-corrected chi connectivity index (χ0v) is 34.5. The van der Waals surface area contributed by atoms with E-state index in [1.165, 1.54) is 0 Å². The predicted molar refractivity (Wildman–Crippen MR) is 222 cm³/mol. The molecule has 0 aliphatic carbocycles. The van der Waals surface area contributed by atoms with Crippen LogP contribution in [0, 0.1) is 10.8 Å². The van der Waals surface area contributed by atoms with Crippen LogP contribution in [0.3, 0.4) is 0 Å². The van der Waals surface area contributed by atoms with E-state index in [1.54, 1.807) is 32.0 Å². The highest BCUT2D eigenvalue weighted by molar-refractivity contribution is 7.99. The molecule has 5 rings (SSSR count). The second-order valence-electron chi connectivity index (χ2n) is 15.0. The number of carboxylic acid groups (broad SMARTS) is 1. The first-order chi connectivity index (χ1) is 29.2. The van der Waals surface area contributed by atoms with Gasteiger partial charge in [-0.05, 0) is 42.0 Å². The number of β-amino-alcohol motifs (C(OH)–C–C–N with tert-alkyl or cyclic N) is 1. The summed E-state index contributed by atoms with van der Waals surface area (Å²) in [6, 6.07) is 8.30. The number of aliphatic carboxylic acids is 1. The van der Waals surface area contributed by atoms with Crippen LogP contribution in [0.4, 0.5) is 0 Å². The zero-order chi connectivity index (χ0) is 44.2. The SMILES string of the molecule is CC[C@H](C)[C@@H]1NC(=O)CNC(=O)[C@@H](N)Cc2c([nH]c3cc(OCc4ccccc4)ccc23)SC[C@@H](C(=O)N[C@@H](CCN=O)C(=O)N2C[C@H](O)CC2C(=O)O)NC(=O)CNC1=O. The van der Waals surface area contributed by atoms with Crippen LogP contribution in [0.25, 0.3) is 10.9 Å². The van der Waals surface area contributed by atoms with Gasteiger partial charge in [-0.25, -0.2) is 4.79 Å². The largest absolute Gasteiger partial charge is 0.489 e. The van der Waals surface area contributed by atoms with Crippen molar-refractivity contribution in [1.82, 2.24) is 36.5 Å². The van der Waals surface area contributed by atoms with Gasteiger partial charge in [0.25, 0.3) is 0 Å². The fourth-order valence-corrected chi connectivity index (χ4v) is 8.10. The van der Waals surface area contributed by atoms with Crippen LogP contribution >= 0.6 is 11.8 Å². The molecule has 1 fully saturated rings. The van der Waals surface area contributed by atoms with Crippen LogP contribution in [0.1, 0.15) is 44.2 Å². The number of H-pyrrole nitrogens is 1. The van der Waals surface area contributed by atoms with Gasteiger partial charge < -0.3 is 57.2 Å². The number of amides is 6. The highest BCUT2D eigenvalue weighted by Gasteiger charge is 2.42. The highest BCUT2D eigenvalue weighted by Crippen LogP contribution is 2.33. The molecule has 2 aliphatic rings. The van der Waals surface area contributed by atoms with Crippen molar-refractivity contribution >= 4 is 64.1 Å². The number of aliphatic hydroxyl groups is 1. The molecule has 1 saturated heterocycles. The monoisotopic (exact) mass is 865 g/mol. The molecule has 21 heteroatoms. The van der Waals surface area contributed by atoms with E-state index in [0.29, 0.717) is 33.7 Å². The van der Waals surface area contributed by atoms with E-state index >= 15 is 0 Å². The fourth-order valence-electron chi connectivity index (χ4n) is 6.98.